The third-order valence-corrected chi connectivity index (χ3v) is 2.14. The Bertz CT molecular complexity index is 225. The zero-order chi connectivity index (χ0) is 6.97. The molecule has 0 unspecified atom stereocenters. The molecule has 10 heavy (non-hydrogen) atoms. The second kappa shape index (κ2) is 2.08. The quantitative estimate of drug-likeness (QED) is 0.580. The van der Waals surface area contributed by atoms with Crippen molar-refractivity contribution in [2.24, 2.45) is 7.05 Å². The fraction of sp³-hybridized carbons (Fsp3) is 0.714. The molecule has 2 rings (SSSR count). The monoisotopic (exact) mass is 137 g/mol. The molecule has 1 aromatic rings. The Hall–Kier alpha value is -0.860. The molecule has 1 saturated carbocycles. The van der Waals surface area contributed by atoms with Crippen LogP contribution in [0.2, 0.25) is 0 Å². The summed E-state index contributed by atoms with van der Waals surface area (Å²) in [7, 11) is 1.91. The molecule has 1 heterocycles. The molecule has 0 N–H and O–H groups in total. The second-order valence-electron chi connectivity index (χ2n) is 2.94. The van der Waals surface area contributed by atoms with Crippen molar-refractivity contribution in [2.45, 2.75) is 25.2 Å². The molecule has 1 aliphatic rings. The highest BCUT2D eigenvalue weighted by Crippen LogP contribution is 2.34. The molecule has 0 atom stereocenters. The number of aryl methyl sites for hydroxylation is 1. The van der Waals surface area contributed by atoms with Gasteiger partial charge in [0.15, 0.2) is 0 Å². The van der Waals surface area contributed by atoms with Gasteiger partial charge in [0.2, 0.25) is 0 Å². The summed E-state index contributed by atoms with van der Waals surface area (Å²) in [5, 5.41) is 7.94. The Morgan fingerprint density at radius 1 is 1.60 bits per heavy atom. The summed E-state index contributed by atoms with van der Waals surface area (Å²) in [5.74, 6) is 0.716. The molecule has 1 aliphatic carbocycles. The maximum absolute atomic E-state index is 4.05. The van der Waals surface area contributed by atoms with Crippen LogP contribution < -0.4 is 0 Å². The molecule has 1 fully saturated rings. The van der Waals surface area contributed by atoms with Gasteiger partial charge in [-0.15, -0.1) is 5.10 Å². The van der Waals surface area contributed by atoms with Gasteiger partial charge in [-0.3, -0.25) is 4.68 Å². The van der Waals surface area contributed by atoms with Gasteiger partial charge in [-0.05, 0) is 12.8 Å². The van der Waals surface area contributed by atoms with E-state index in [1.54, 1.807) is 4.68 Å². The fourth-order valence-electron chi connectivity index (χ4n) is 1.26. The van der Waals surface area contributed by atoms with Gasteiger partial charge in [0.25, 0.3) is 0 Å². The van der Waals surface area contributed by atoms with Gasteiger partial charge in [0, 0.05) is 19.2 Å². The van der Waals surface area contributed by atoms with Crippen molar-refractivity contribution in [3.63, 3.8) is 0 Å². The van der Waals surface area contributed by atoms with Gasteiger partial charge in [-0.25, -0.2) is 0 Å². The molecule has 0 saturated heterocycles. The lowest BCUT2D eigenvalue weighted by Crippen LogP contribution is -2.08. The number of hydrogen-bond donors (Lipinski definition) is 0. The third kappa shape index (κ3) is 0.818. The van der Waals surface area contributed by atoms with Gasteiger partial charge in [-0.2, -0.15) is 0 Å². The van der Waals surface area contributed by atoms with Crippen molar-refractivity contribution < 1.29 is 0 Å². The van der Waals surface area contributed by atoms with Gasteiger partial charge in [0.05, 0.1) is 5.69 Å². The fourth-order valence-corrected chi connectivity index (χ4v) is 1.26. The minimum atomic E-state index is 0.716. The molecule has 0 aliphatic heterocycles. The van der Waals surface area contributed by atoms with E-state index in [4.69, 9.17) is 0 Å². The van der Waals surface area contributed by atoms with E-state index >= 15 is 0 Å². The normalized spacial score (nSPS) is 18.9. The van der Waals surface area contributed by atoms with Gasteiger partial charge < -0.3 is 0 Å². The molecule has 0 bridgehead atoms. The smallest absolute Gasteiger partial charge is 0.0857 e. The molecule has 54 valence electrons. The minimum absolute atomic E-state index is 0.716. The average molecular weight is 137 g/mol. The Morgan fingerprint density at radius 3 is 2.80 bits per heavy atom. The van der Waals surface area contributed by atoms with E-state index in [2.05, 4.69) is 10.3 Å². The zero-order valence-electron chi connectivity index (χ0n) is 6.12. The Labute approximate surface area is 60.0 Å². The van der Waals surface area contributed by atoms with Crippen LogP contribution in [0.15, 0.2) is 6.20 Å². The van der Waals surface area contributed by atoms with Crippen LogP contribution in [0, 0.1) is 0 Å². The maximum Gasteiger partial charge on any atom is 0.0857 e. The van der Waals surface area contributed by atoms with E-state index in [9.17, 15) is 0 Å². The highest BCUT2D eigenvalue weighted by Gasteiger charge is 2.21. The number of nitrogens with zero attached hydrogens (tertiary/aromatic N) is 3. The van der Waals surface area contributed by atoms with Crippen molar-refractivity contribution in [2.75, 3.05) is 0 Å². The molecule has 0 radical (unpaired) electrons. The van der Waals surface area contributed by atoms with Crippen molar-refractivity contribution in [1.29, 1.82) is 0 Å². The first-order valence-corrected chi connectivity index (χ1v) is 3.72. The first-order chi connectivity index (χ1) is 4.86. The lowest BCUT2D eigenvalue weighted by atomic mass is 9.83. The lowest BCUT2D eigenvalue weighted by Gasteiger charge is -2.22. The maximum atomic E-state index is 4.05. The molecular weight excluding hydrogens is 126 g/mol. The topological polar surface area (TPSA) is 30.7 Å². The minimum Gasteiger partial charge on any atom is -0.255 e. The highest BCUT2D eigenvalue weighted by molar-refractivity contribution is 5.04. The zero-order valence-corrected chi connectivity index (χ0v) is 6.12. The third-order valence-electron chi connectivity index (χ3n) is 2.14. The lowest BCUT2D eigenvalue weighted by molar-refractivity contribution is 0.410. The van der Waals surface area contributed by atoms with Gasteiger partial charge in [0.1, 0.15) is 0 Å². The molecule has 3 nitrogen and oxygen atoms in total. The standard InChI is InChI=1S/C7H11N3/c1-10-5-7(8-9-10)6-3-2-4-6/h5-6H,2-4H2,1H3. The van der Waals surface area contributed by atoms with Crippen molar-refractivity contribution in [1.82, 2.24) is 15.0 Å². The number of hydrogen-bond acceptors (Lipinski definition) is 2. The first kappa shape index (κ1) is 5.89. The average Bonchev–Trinajstić information content (AvgIpc) is 2.10. The predicted molar refractivity (Wildman–Crippen MR) is 37.6 cm³/mol. The molecule has 0 aromatic carbocycles. The molecular formula is C7H11N3. The second-order valence-corrected chi connectivity index (χ2v) is 2.94. The van der Waals surface area contributed by atoms with Crippen LogP contribution in [-0.2, 0) is 7.05 Å². The van der Waals surface area contributed by atoms with Gasteiger partial charge >= 0.3 is 0 Å². The van der Waals surface area contributed by atoms with Crippen LogP contribution in [-0.4, -0.2) is 15.0 Å². The van der Waals surface area contributed by atoms with Crippen LogP contribution in [0.5, 0.6) is 0 Å². The van der Waals surface area contributed by atoms with Crippen molar-refractivity contribution in [3.8, 4) is 0 Å². The largest absolute Gasteiger partial charge is 0.255 e. The van der Waals surface area contributed by atoms with E-state index in [0.29, 0.717) is 5.92 Å². The summed E-state index contributed by atoms with van der Waals surface area (Å²) >= 11 is 0. The van der Waals surface area contributed by atoms with Crippen LogP contribution >= 0.6 is 0 Å². The summed E-state index contributed by atoms with van der Waals surface area (Å²) in [5.41, 5.74) is 1.17. The summed E-state index contributed by atoms with van der Waals surface area (Å²) in [6.45, 7) is 0. The van der Waals surface area contributed by atoms with Crippen LogP contribution in [0.25, 0.3) is 0 Å². The van der Waals surface area contributed by atoms with E-state index < -0.39 is 0 Å². The number of rotatable bonds is 1. The summed E-state index contributed by atoms with van der Waals surface area (Å²) in [6.07, 6.45) is 5.99. The highest BCUT2D eigenvalue weighted by atomic mass is 15.4. The van der Waals surface area contributed by atoms with Gasteiger partial charge in [-0.1, -0.05) is 11.6 Å². The Morgan fingerprint density at radius 2 is 2.40 bits per heavy atom. The summed E-state index contributed by atoms with van der Waals surface area (Å²) in [4.78, 5) is 0. The summed E-state index contributed by atoms with van der Waals surface area (Å²) < 4.78 is 1.77. The molecule has 0 spiro atoms. The van der Waals surface area contributed by atoms with Crippen LogP contribution in [0.1, 0.15) is 30.9 Å². The Kier molecular flexibility index (Phi) is 1.22. The van der Waals surface area contributed by atoms with E-state index in [1.807, 2.05) is 13.2 Å². The summed E-state index contributed by atoms with van der Waals surface area (Å²) in [6, 6.07) is 0. The molecule has 1 aromatic heterocycles. The molecule has 0 amide bonds. The van der Waals surface area contributed by atoms with Crippen LogP contribution in [0.3, 0.4) is 0 Å². The van der Waals surface area contributed by atoms with Crippen molar-refractivity contribution in [3.05, 3.63) is 11.9 Å². The molecule has 3 heteroatoms. The van der Waals surface area contributed by atoms with Crippen molar-refractivity contribution >= 4 is 0 Å². The van der Waals surface area contributed by atoms with E-state index in [0.717, 1.165) is 0 Å². The SMILES string of the molecule is Cn1cc(C2CCC2)nn1. The van der Waals surface area contributed by atoms with E-state index in [1.165, 1.54) is 25.0 Å². The number of aromatic nitrogens is 3. The van der Waals surface area contributed by atoms with E-state index in [-0.39, 0.29) is 0 Å². The Balaban J connectivity index is 2.17. The first-order valence-electron chi connectivity index (χ1n) is 3.72. The predicted octanol–water partition coefficient (Wildman–Crippen LogP) is 1.08. The van der Waals surface area contributed by atoms with Crippen LogP contribution in [0.4, 0.5) is 0 Å².